The highest BCUT2D eigenvalue weighted by atomic mass is 16.5. The van der Waals surface area contributed by atoms with Gasteiger partial charge in [-0.2, -0.15) is 0 Å². The van der Waals surface area contributed by atoms with Crippen molar-refractivity contribution in [3.8, 4) is 0 Å². The van der Waals surface area contributed by atoms with Gasteiger partial charge in [-0.3, -0.25) is 9.59 Å². The van der Waals surface area contributed by atoms with Gasteiger partial charge < -0.3 is 20.9 Å². The third kappa shape index (κ3) is 45.4. The monoisotopic (exact) mass is 857 g/mol. The highest BCUT2D eigenvalue weighted by molar-refractivity contribution is 5.83. The second-order valence-electron chi connectivity index (χ2n) is 17.9. The SMILES string of the molecule is CCCCCCC/C=C\C/C=C\C/C=C\CCCCCCCCC(=O)OC(CCCCCCCCCCCCCCCC)CCCCCCCC(=O)NC(CCCN)C(=O)O. The molecule has 4 N–H and O–H groups in total. The second kappa shape index (κ2) is 48.6. The molecule has 0 saturated carbocycles. The minimum absolute atomic E-state index is 0.00682. The van der Waals surface area contributed by atoms with Crippen LogP contribution < -0.4 is 11.1 Å². The molecule has 356 valence electrons. The molecule has 0 radical (unpaired) electrons. The predicted molar refractivity (Wildman–Crippen MR) is 262 cm³/mol. The maximum absolute atomic E-state index is 12.9. The summed E-state index contributed by atoms with van der Waals surface area (Å²) in [5.74, 6) is -1.23. The zero-order chi connectivity index (χ0) is 44.5. The Kier molecular flexibility index (Phi) is 46.7. The van der Waals surface area contributed by atoms with Gasteiger partial charge in [-0.1, -0.05) is 204 Å². The molecule has 0 aliphatic carbocycles. The molecule has 2 unspecified atom stereocenters. The summed E-state index contributed by atoms with van der Waals surface area (Å²) in [5.41, 5.74) is 5.50. The number of ether oxygens (including phenoxy) is 1. The summed E-state index contributed by atoms with van der Waals surface area (Å²) in [5, 5.41) is 12.0. The van der Waals surface area contributed by atoms with Gasteiger partial charge in [-0.25, -0.2) is 4.79 Å². The maximum Gasteiger partial charge on any atom is 0.326 e. The lowest BCUT2D eigenvalue weighted by molar-refractivity contribution is -0.150. The van der Waals surface area contributed by atoms with Gasteiger partial charge in [0.15, 0.2) is 0 Å². The first kappa shape index (κ1) is 58.6. The molecule has 7 heteroatoms. The summed E-state index contributed by atoms with van der Waals surface area (Å²) in [6.07, 6.45) is 59.1. The van der Waals surface area contributed by atoms with Gasteiger partial charge >= 0.3 is 11.9 Å². The fraction of sp³-hybridized carbons (Fsp3) is 0.833. The molecule has 0 rings (SSSR count). The van der Waals surface area contributed by atoms with Crippen LogP contribution in [0.25, 0.3) is 0 Å². The van der Waals surface area contributed by atoms with Crippen molar-refractivity contribution in [2.75, 3.05) is 6.54 Å². The molecule has 7 nitrogen and oxygen atoms in total. The van der Waals surface area contributed by atoms with Crippen molar-refractivity contribution in [3.63, 3.8) is 0 Å². The number of hydrogen-bond donors (Lipinski definition) is 3. The van der Waals surface area contributed by atoms with E-state index >= 15 is 0 Å². The molecular weight excluding hydrogens is 757 g/mol. The van der Waals surface area contributed by atoms with E-state index in [0.29, 0.717) is 32.2 Å². The second-order valence-corrected chi connectivity index (χ2v) is 17.9. The van der Waals surface area contributed by atoms with E-state index in [1.54, 1.807) is 0 Å². The van der Waals surface area contributed by atoms with E-state index < -0.39 is 12.0 Å². The van der Waals surface area contributed by atoms with Crippen LogP contribution in [0.3, 0.4) is 0 Å². The summed E-state index contributed by atoms with van der Waals surface area (Å²) in [4.78, 5) is 36.6. The van der Waals surface area contributed by atoms with Gasteiger partial charge in [0.25, 0.3) is 0 Å². The van der Waals surface area contributed by atoms with Gasteiger partial charge in [-0.15, -0.1) is 0 Å². The van der Waals surface area contributed by atoms with Crippen molar-refractivity contribution in [1.29, 1.82) is 0 Å². The van der Waals surface area contributed by atoms with E-state index in [2.05, 4.69) is 55.6 Å². The fourth-order valence-corrected chi connectivity index (χ4v) is 7.99. The van der Waals surface area contributed by atoms with Gasteiger partial charge in [0.05, 0.1) is 0 Å². The molecule has 0 aliphatic heterocycles. The van der Waals surface area contributed by atoms with Crippen molar-refractivity contribution in [2.24, 2.45) is 5.73 Å². The first-order valence-corrected chi connectivity index (χ1v) is 26.3. The molecule has 0 aromatic rings. The Labute approximate surface area is 377 Å². The third-order valence-corrected chi connectivity index (χ3v) is 12.0. The van der Waals surface area contributed by atoms with Crippen LogP contribution in [-0.4, -0.2) is 41.6 Å². The van der Waals surface area contributed by atoms with Crippen molar-refractivity contribution in [3.05, 3.63) is 36.5 Å². The number of esters is 1. The standard InChI is InChI=1S/C54H100N2O5/c1-3-5-7-9-11-13-15-17-19-20-21-22-23-24-25-27-29-31-33-38-42-48-53(58)61-50(44-39-35-32-30-28-26-18-16-14-12-10-8-6-4-2)45-40-36-34-37-41-47-52(57)56-51(54(59)60)46-43-49-55/h15,17,20-21,23-24,50-51H,3-14,16,18-19,22,25-49,55H2,1-2H3,(H,56,57)(H,59,60)/b17-15-,21-20-,24-23-. The van der Waals surface area contributed by atoms with Gasteiger partial charge in [0.1, 0.15) is 12.1 Å². The molecule has 0 aromatic heterocycles. The highest BCUT2D eigenvalue weighted by Crippen LogP contribution is 2.19. The molecule has 61 heavy (non-hydrogen) atoms. The Morgan fingerprint density at radius 3 is 1.28 bits per heavy atom. The molecule has 2 atom stereocenters. The number of aliphatic carboxylic acids is 1. The number of carbonyl (C=O) groups is 3. The number of carbonyl (C=O) groups excluding carboxylic acids is 2. The van der Waals surface area contributed by atoms with E-state index in [1.807, 2.05) is 0 Å². The van der Waals surface area contributed by atoms with Gasteiger partial charge in [0.2, 0.25) is 5.91 Å². The summed E-state index contributed by atoms with van der Waals surface area (Å²) in [7, 11) is 0. The zero-order valence-corrected chi connectivity index (χ0v) is 40.3. The Morgan fingerprint density at radius 1 is 0.475 bits per heavy atom. The zero-order valence-electron chi connectivity index (χ0n) is 40.3. The molecule has 0 spiro atoms. The average molecular weight is 857 g/mol. The quantitative estimate of drug-likeness (QED) is 0.0319. The Morgan fingerprint density at radius 2 is 0.852 bits per heavy atom. The van der Waals surface area contributed by atoms with Gasteiger partial charge in [-0.05, 0) is 96.4 Å². The van der Waals surface area contributed by atoms with Crippen molar-refractivity contribution < 1.29 is 24.2 Å². The Balaban J connectivity index is 4.28. The Bertz CT molecular complexity index is 1060. The average Bonchev–Trinajstić information content (AvgIpc) is 3.25. The molecule has 0 heterocycles. The number of carboxylic acids is 1. The summed E-state index contributed by atoms with van der Waals surface area (Å²) in [6.45, 7) is 4.96. The molecule has 0 aliphatic rings. The number of rotatable bonds is 48. The molecule has 1 amide bonds. The summed E-state index contributed by atoms with van der Waals surface area (Å²) in [6, 6.07) is -0.858. The number of amides is 1. The third-order valence-electron chi connectivity index (χ3n) is 12.0. The van der Waals surface area contributed by atoms with Crippen LogP contribution >= 0.6 is 0 Å². The number of unbranched alkanes of at least 4 members (excludes halogenated alkanes) is 28. The minimum atomic E-state index is -1.00. The molecule has 0 aromatic carbocycles. The number of carboxylic acid groups (broad SMARTS) is 1. The molecule has 0 bridgehead atoms. The van der Waals surface area contributed by atoms with Crippen molar-refractivity contribution in [2.45, 2.75) is 283 Å². The number of nitrogens with two attached hydrogens (primary N) is 1. The first-order chi connectivity index (χ1) is 29.9. The van der Waals surface area contributed by atoms with Crippen molar-refractivity contribution >= 4 is 17.8 Å². The molecule has 0 saturated heterocycles. The first-order valence-electron chi connectivity index (χ1n) is 26.3. The largest absolute Gasteiger partial charge is 0.480 e. The van der Waals surface area contributed by atoms with E-state index in [0.717, 1.165) is 83.5 Å². The smallest absolute Gasteiger partial charge is 0.326 e. The lowest BCUT2D eigenvalue weighted by Crippen LogP contribution is -2.40. The summed E-state index contributed by atoms with van der Waals surface area (Å²) < 4.78 is 6.09. The van der Waals surface area contributed by atoms with Crippen LogP contribution in [-0.2, 0) is 19.1 Å². The lowest BCUT2D eigenvalue weighted by atomic mass is 10.0. The maximum atomic E-state index is 12.9. The minimum Gasteiger partial charge on any atom is -0.480 e. The van der Waals surface area contributed by atoms with E-state index in [1.165, 1.54) is 148 Å². The number of nitrogens with one attached hydrogen (secondary N) is 1. The van der Waals surface area contributed by atoms with Crippen LogP contribution in [0.2, 0.25) is 0 Å². The summed E-state index contributed by atoms with van der Waals surface area (Å²) >= 11 is 0. The van der Waals surface area contributed by atoms with E-state index in [4.69, 9.17) is 10.5 Å². The van der Waals surface area contributed by atoms with Gasteiger partial charge in [0, 0.05) is 12.8 Å². The van der Waals surface area contributed by atoms with E-state index in [-0.39, 0.29) is 18.0 Å². The van der Waals surface area contributed by atoms with Crippen LogP contribution in [0.4, 0.5) is 0 Å². The number of allylic oxidation sites excluding steroid dienone is 6. The van der Waals surface area contributed by atoms with Crippen LogP contribution in [0, 0.1) is 0 Å². The molecular formula is C54H100N2O5. The Hall–Kier alpha value is -2.41. The highest BCUT2D eigenvalue weighted by Gasteiger charge is 2.19. The van der Waals surface area contributed by atoms with Crippen LogP contribution in [0.1, 0.15) is 271 Å². The lowest BCUT2D eigenvalue weighted by Gasteiger charge is -2.18. The van der Waals surface area contributed by atoms with Crippen LogP contribution in [0.5, 0.6) is 0 Å². The topological polar surface area (TPSA) is 119 Å². The van der Waals surface area contributed by atoms with Crippen LogP contribution in [0.15, 0.2) is 36.5 Å². The fourth-order valence-electron chi connectivity index (χ4n) is 7.99. The molecule has 0 fully saturated rings. The van der Waals surface area contributed by atoms with Crippen molar-refractivity contribution in [1.82, 2.24) is 5.32 Å². The predicted octanol–water partition coefficient (Wildman–Crippen LogP) is 15.7. The normalized spacial score (nSPS) is 12.8. The van der Waals surface area contributed by atoms with E-state index in [9.17, 15) is 19.5 Å². The number of hydrogen-bond acceptors (Lipinski definition) is 5.